The summed E-state index contributed by atoms with van der Waals surface area (Å²) in [7, 11) is 0. The standard InChI is InChI=1S/C26H36O3/c1-25-14-6-9-22(25)21-11-10-19-17-20(12-16-26(19,2)23(21)13-15-25)28-29-24(27)18-7-4-3-5-8-18/h3-5,7-8,19-23H,6,9-17H2,1-2H3/t19-,20?,21+,22+,23+,25+,26+/m1/s1. The SMILES string of the molecule is C[C@@]12CCC[C@H]1[C@@H]1CC[C@@H]3CC(OOC(=O)c4ccccc4)CC[C@]3(C)[C@H]1CC2. The van der Waals surface area contributed by atoms with E-state index in [0.717, 1.165) is 30.6 Å². The molecule has 0 N–H and O–H groups in total. The Morgan fingerprint density at radius 3 is 2.59 bits per heavy atom. The van der Waals surface area contributed by atoms with Gasteiger partial charge in [-0.25, -0.2) is 4.79 Å². The maximum absolute atomic E-state index is 12.2. The van der Waals surface area contributed by atoms with E-state index >= 15 is 0 Å². The van der Waals surface area contributed by atoms with Gasteiger partial charge in [0.2, 0.25) is 0 Å². The molecule has 4 aliphatic carbocycles. The Balaban J connectivity index is 1.22. The molecule has 29 heavy (non-hydrogen) atoms. The highest BCUT2D eigenvalue weighted by Crippen LogP contribution is 2.66. The van der Waals surface area contributed by atoms with E-state index in [0.29, 0.717) is 22.3 Å². The van der Waals surface area contributed by atoms with Gasteiger partial charge in [-0.2, -0.15) is 4.89 Å². The Hall–Kier alpha value is -1.35. The van der Waals surface area contributed by atoms with Crippen LogP contribution in [0, 0.1) is 34.5 Å². The fourth-order valence-corrected chi connectivity index (χ4v) is 8.03. The maximum Gasteiger partial charge on any atom is 0.373 e. The lowest BCUT2D eigenvalue weighted by Gasteiger charge is -2.60. The topological polar surface area (TPSA) is 35.5 Å². The molecule has 7 atom stereocenters. The zero-order valence-electron chi connectivity index (χ0n) is 18.1. The third kappa shape index (κ3) is 3.34. The van der Waals surface area contributed by atoms with Gasteiger partial charge in [-0.05, 0) is 104 Å². The van der Waals surface area contributed by atoms with E-state index < -0.39 is 0 Å². The molecular formula is C26H36O3. The Labute approximate surface area is 175 Å². The summed E-state index contributed by atoms with van der Waals surface area (Å²) in [5.74, 6) is 3.15. The summed E-state index contributed by atoms with van der Waals surface area (Å²) in [4.78, 5) is 23.1. The zero-order valence-corrected chi connectivity index (χ0v) is 18.1. The molecule has 0 radical (unpaired) electrons. The van der Waals surface area contributed by atoms with Crippen molar-refractivity contribution in [1.29, 1.82) is 0 Å². The second-order valence-corrected chi connectivity index (χ2v) is 11.0. The minimum Gasteiger partial charge on any atom is -0.293 e. The Morgan fingerprint density at radius 1 is 0.931 bits per heavy atom. The lowest BCUT2D eigenvalue weighted by Crippen LogP contribution is -2.53. The first kappa shape index (κ1) is 19.6. The summed E-state index contributed by atoms with van der Waals surface area (Å²) < 4.78 is 0. The van der Waals surface area contributed by atoms with Crippen molar-refractivity contribution in [3.05, 3.63) is 35.9 Å². The van der Waals surface area contributed by atoms with Crippen molar-refractivity contribution in [3.63, 3.8) is 0 Å². The first-order chi connectivity index (χ1) is 14.0. The van der Waals surface area contributed by atoms with Crippen LogP contribution in [0.2, 0.25) is 0 Å². The summed E-state index contributed by atoms with van der Waals surface area (Å²) in [6, 6.07) is 9.13. The van der Waals surface area contributed by atoms with Crippen LogP contribution in [0.1, 0.15) is 88.4 Å². The second-order valence-electron chi connectivity index (χ2n) is 11.0. The molecule has 0 aliphatic heterocycles. The minimum absolute atomic E-state index is 0.0534. The van der Waals surface area contributed by atoms with Crippen molar-refractivity contribution in [3.8, 4) is 0 Å². The van der Waals surface area contributed by atoms with Crippen LogP contribution >= 0.6 is 0 Å². The van der Waals surface area contributed by atoms with Crippen molar-refractivity contribution < 1.29 is 14.6 Å². The van der Waals surface area contributed by atoms with E-state index in [1.165, 1.54) is 51.4 Å². The van der Waals surface area contributed by atoms with Gasteiger partial charge in [0.25, 0.3) is 0 Å². The third-order valence-corrected chi connectivity index (χ3v) is 9.67. The van der Waals surface area contributed by atoms with E-state index in [9.17, 15) is 4.79 Å². The van der Waals surface area contributed by atoms with Gasteiger partial charge in [0.1, 0.15) is 6.10 Å². The quantitative estimate of drug-likeness (QED) is 0.428. The average molecular weight is 397 g/mol. The highest BCUT2D eigenvalue weighted by atomic mass is 17.2. The van der Waals surface area contributed by atoms with Gasteiger partial charge in [-0.3, -0.25) is 4.89 Å². The third-order valence-electron chi connectivity index (χ3n) is 9.67. The van der Waals surface area contributed by atoms with Crippen LogP contribution in [0.3, 0.4) is 0 Å². The molecule has 4 aliphatic rings. The highest BCUT2D eigenvalue weighted by Gasteiger charge is 2.58. The van der Waals surface area contributed by atoms with Crippen LogP contribution < -0.4 is 0 Å². The van der Waals surface area contributed by atoms with E-state index in [2.05, 4.69) is 13.8 Å². The molecule has 158 valence electrons. The maximum atomic E-state index is 12.2. The fraction of sp³-hybridized carbons (Fsp3) is 0.731. The van der Waals surface area contributed by atoms with Crippen LogP contribution in [0.5, 0.6) is 0 Å². The van der Waals surface area contributed by atoms with E-state index in [-0.39, 0.29) is 12.1 Å². The molecule has 0 spiro atoms. The molecule has 4 saturated carbocycles. The average Bonchev–Trinajstić information content (AvgIpc) is 3.14. The number of benzene rings is 1. The molecule has 3 nitrogen and oxygen atoms in total. The van der Waals surface area contributed by atoms with Crippen molar-refractivity contribution in [1.82, 2.24) is 0 Å². The molecule has 4 fully saturated rings. The molecule has 5 rings (SSSR count). The number of hydrogen-bond acceptors (Lipinski definition) is 3. The molecule has 0 amide bonds. The fourth-order valence-electron chi connectivity index (χ4n) is 8.03. The molecule has 0 heterocycles. The highest BCUT2D eigenvalue weighted by molar-refractivity contribution is 5.88. The number of carbonyl (C=O) groups excluding carboxylic acids is 1. The predicted molar refractivity (Wildman–Crippen MR) is 113 cm³/mol. The van der Waals surface area contributed by atoms with Crippen molar-refractivity contribution in [2.45, 2.75) is 84.2 Å². The lowest BCUT2D eigenvalue weighted by atomic mass is 9.45. The first-order valence-corrected chi connectivity index (χ1v) is 11.9. The zero-order chi connectivity index (χ0) is 20.1. The molecular weight excluding hydrogens is 360 g/mol. The number of rotatable bonds is 3. The van der Waals surface area contributed by atoms with E-state index in [1.807, 2.05) is 18.2 Å². The molecule has 0 aromatic heterocycles. The molecule has 0 saturated heterocycles. The first-order valence-electron chi connectivity index (χ1n) is 11.9. The van der Waals surface area contributed by atoms with Gasteiger partial charge in [-0.1, -0.05) is 38.5 Å². The van der Waals surface area contributed by atoms with Crippen LogP contribution in [0.4, 0.5) is 0 Å². The van der Waals surface area contributed by atoms with Crippen molar-refractivity contribution >= 4 is 5.97 Å². The van der Waals surface area contributed by atoms with Crippen LogP contribution in [-0.4, -0.2) is 12.1 Å². The molecule has 1 aromatic rings. The Morgan fingerprint density at radius 2 is 1.76 bits per heavy atom. The summed E-state index contributed by atoms with van der Waals surface area (Å²) in [5, 5.41) is 0. The number of fused-ring (bicyclic) bond motifs is 5. The van der Waals surface area contributed by atoms with Crippen LogP contribution in [0.25, 0.3) is 0 Å². The van der Waals surface area contributed by atoms with Gasteiger partial charge in [0, 0.05) is 0 Å². The number of carbonyl (C=O) groups is 1. The minimum atomic E-state index is -0.379. The lowest BCUT2D eigenvalue weighted by molar-refractivity contribution is -0.291. The van der Waals surface area contributed by atoms with E-state index in [1.54, 1.807) is 12.1 Å². The van der Waals surface area contributed by atoms with Crippen LogP contribution in [-0.2, 0) is 9.78 Å². The summed E-state index contributed by atoms with van der Waals surface area (Å²) in [5.41, 5.74) is 1.64. The van der Waals surface area contributed by atoms with Gasteiger partial charge in [0.05, 0.1) is 5.56 Å². The van der Waals surface area contributed by atoms with Gasteiger partial charge in [-0.15, -0.1) is 0 Å². The van der Waals surface area contributed by atoms with Crippen molar-refractivity contribution in [2.24, 2.45) is 34.5 Å². The van der Waals surface area contributed by atoms with Gasteiger partial charge in [0.15, 0.2) is 0 Å². The smallest absolute Gasteiger partial charge is 0.293 e. The van der Waals surface area contributed by atoms with Crippen molar-refractivity contribution in [2.75, 3.05) is 0 Å². The molecule has 3 heteroatoms. The number of hydrogen-bond donors (Lipinski definition) is 0. The summed E-state index contributed by atoms with van der Waals surface area (Å²) in [6.45, 7) is 5.17. The Kier molecular flexibility index (Phi) is 5.01. The monoisotopic (exact) mass is 396 g/mol. The largest absolute Gasteiger partial charge is 0.373 e. The van der Waals surface area contributed by atoms with Crippen LogP contribution in [0.15, 0.2) is 30.3 Å². The van der Waals surface area contributed by atoms with Gasteiger partial charge >= 0.3 is 5.97 Å². The normalized spacial score (nSPS) is 43.7. The molecule has 1 aromatic carbocycles. The molecule has 1 unspecified atom stereocenters. The molecule has 0 bridgehead atoms. The summed E-state index contributed by atoms with van der Waals surface area (Å²) >= 11 is 0. The van der Waals surface area contributed by atoms with Gasteiger partial charge < -0.3 is 0 Å². The Bertz CT molecular complexity index is 746. The van der Waals surface area contributed by atoms with E-state index in [4.69, 9.17) is 9.78 Å². The predicted octanol–water partition coefficient (Wildman–Crippen LogP) is 6.58. The summed E-state index contributed by atoms with van der Waals surface area (Å²) in [6.07, 6.45) is 13.3. The second kappa shape index (κ2) is 7.41.